The van der Waals surface area contributed by atoms with E-state index in [0.29, 0.717) is 6.54 Å². The number of anilines is 1. The van der Waals surface area contributed by atoms with Crippen molar-refractivity contribution >= 4 is 34.8 Å². The van der Waals surface area contributed by atoms with Crippen LogP contribution in [0.1, 0.15) is 27.1 Å². The Hall–Kier alpha value is -2.28. The molecule has 33 heavy (non-hydrogen) atoms. The third-order valence-electron chi connectivity index (χ3n) is 6.16. The van der Waals surface area contributed by atoms with Crippen LogP contribution in [0, 0.1) is 13.8 Å². The van der Waals surface area contributed by atoms with Gasteiger partial charge >= 0.3 is 6.03 Å². The van der Waals surface area contributed by atoms with E-state index in [1.165, 1.54) is 31.3 Å². The first-order valence-electron chi connectivity index (χ1n) is 11.6. The average Bonchev–Trinajstić information content (AvgIpc) is 3.23. The molecule has 0 aliphatic carbocycles. The number of nitrogens with zero attached hydrogens (tertiary/aromatic N) is 2. The van der Waals surface area contributed by atoms with Crippen molar-refractivity contribution in [2.45, 2.75) is 30.9 Å². The molecule has 4 nitrogen and oxygen atoms in total. The summed E-state index contributed by atoms with van der Waals surface area (Å²) >= 11 is 3.68. The number of fused-ring (bicyclic) bond motifs is 1. The Morgan fingerprint density at radius 2 is 1.85 bits per heavy atom. The number of nitrogens with one attached hydrogen (secondary N) is 1. The van der Waals surface area contributed by atoms with Crippen molar-refractivity contribution in [1.29, 1.82) is 0 Å². The first-order chi connectivity index (χ1) is 16.0. The van der Waals surface area contributed by atoms with Crippen LogP contribution in [0.5, 0.6) is 0 Å². The van der Waals surface area contributed by atoms with Gasteiger partial charge in [0.15, 0.2) is 0 Å². The largest absolute Gasteiger partial charge is 0.336 e. The molecule has 0 radical (unpaired) electrons. The Kier molecular flexibility index (Phi) is 8.12. The second-order valence-corrected chi connectivity index (χ2v) is 11.3. The molecule has 0 saturated carbocycles. The van der Waals surface area contributed by atoms with E-state index in [9.17, 15) is 4.79 Å². The van der Waals surface area contributed by atoms with E-state index in [2.05, 4.69) is 79.6 Å². The van der Waals surface area contributed by atoms with Gasteiger partial charge in [0.1, 0.15) is 0 Å². The molecule has 6 heteroatoms. The highest BCUT2D eigenvalue weighted by Gasteiger charge is 2.25. The molecule has 174 valence electrons. The number of urea groups is 1. The Labute approximate surface area is 206 Å². The van der Waals surface area contributed by atoms with Crippen LogP contribution in [0.2, 0.25) is 0 Å². The molecule has 0 atom stereocenters. The van der Waals surface area contributed by atoms with Crippen molar-refractivity contribution < 1.29 is 4.79 Å². The van der Waals surface area contributed by atoms with Crippen LogP contribution < -0.4 is 10.2 Å². The summed E-state index contributed by atoms with van der Waals surface area (Å²) in [5, 5.41) is 3.14. The van der Waals surface area contributed by atoms with Gasteiger partial charge in [0.25, 0.3) is 0 Å². The second kappa shape index (κ2) is 11.2. The zero-order valence-electron chi connectivity index (χ0n) is 19.8. The molecule has 0 fully saturated rings. The van der Waals surface area contributed by atoms with E-state index in [0.717, 1.165) is 43.9 Å². The molecule has 2 aromatic carbocycles. The zero-order valence-corrected chi connectivity index (χ0v) is 21.4. The third-order valence-corrected chi connectivity index (χ3v) is 8.54. The lowest BCUT2D eigenvalue weighted by atomic mass is 10.0. The lowest BCUT2D eigenvalue weighted by Gasteiger charge is -2.27. The number of rotatable bonds is 8. The van der Waals surface area contributed by atoms with Gasteiger partial charge in [-0.15, -0.1) is 23.1 Å². The first kappa shape index (κ1) is 23.9. The maximum absolute atomic E-state index is 13.0. The Bertz CT molecular complexity index is 1080. The predicted molar refractivity (Wildman–Crippen MR) is 142 cm³/mol. The van der Waals surface area contributed by atoms with Gasteiger partial charge < -0.3 is 10.2 Å². The SMILES string of the molecule is Cc1ccc(CCN(C)CCNC(=O)N2CCSc3sc(Cc4ccccc4)cc32)cc1C. The number of thiophene rings is 1. The molecule has 1 aliphatic heterocycles. The summed E-state index contributed by atoms with van der Waals surface area (Å²) in [4.78, 5) is 18.5. The van der Waals surface area contributed by atoms with Crippen LogP contribution in [0.3, 0.4) is 0 Å². The van der Waals surface area contributed by atoms with Crippen LogP contribution in [0.15, 0.2) is 58.8 Å². The van der Waals surface area contributed by atoms with Gasteiger partial charge in [-0.05, 0) is 55.6 Å². The van der Waals surface area contributed by atoms with Gasteiger partial charge in [-0.2, -0.15) is 0 Å². The van der Waals surface area contributed by atoms with Crippen molar-refractivity contribution in [3.63, 3.8) is 0 Å². The summed E-state index contributed by atoms with van der Waals surface area (Å²) < 4.78 is 1.26. The van der Waals surface area contributed by atoms with Gasteiger partial charge in [-0.1, -0.05) is 48.5 Å². The quantitative estimate of drug-likeness (QED) is 0.447. The van der Waals surface area contributed by atoms with Gasteiger partial charge in [-0.25, -0.2) is 4.79 Å². The summed E-state index contributed by atoms with van der Waals surface area (Å²) in [5.74, 6) is 0.946. The van der Waals surface area contributed by atoms with Crippen molar-refractivity contribution in [3.05, 3.63) is 81.7 Å². The number of thioether (sulfide) groups is 1. The molecule has 1 aliphatic rings. The number of carbonyl (C=O) groups excluding carboxylic acids is 1. The zero-order chi connectivity index (χ0) is 23.2. The summed E-state index contributed by atoms with van der Waals surface area (Å²) in [7, 11) is 2.12. The smallest absolute Gasteiger partial charge is 0.322 e. The molecule has 3 aromatic rings. The minimum atomic E-state index is 0.0168. The topological polar surface area (TPSA) is 35.6 Å². The van der Waals surface area contributed by atoms with Crippen molar-refractivity contribution in [3.8, 4) is 0 Å². The molecule has 1 aromatic heterocycles. The normalized spacial score (nSPS) is 13.3. The lowest BCUT2D eigenvalue weighted by Crippen LogP contribution is -2.44. The highest BCUT2D eigenvalue weighted by Crippen LogP contribution is 2.42. The first-order valence-corrected chi connectivity index (χ1v) is 13.4. The number of carbonyl (C=O) groups is 1. The van der Waals surface area contributed by atoms with Crippen molar-refractivity contribution in [2.75, 3.05) is 43.9 Å². The van der Waals surface area contributed by atoms with E-state index in [4.69, 9.17) is 0 Å². The van der Waals surface area contributed by atoms with Gasteiger partial charge in [0, 0.05) is 43.2 Å². The molecule has 0 spiro atoms. The average molecular weight is 480 g/mol. The van der Waals surface area contributed by atoms with Crippen molar-refractivity contribution in [1.82, 2.24) is 10.2 Å². The summed E-state index contributed by atoms with van der Waals surface area (Å²) in [6.07, 6.45) is 1.94. The molecule has 1 N–H and O–H groups in total. The lowest BCUT2D eigenvalue weighted by molar-refractivity contribution is 0.244. The Morgan fingerprint density at radius 3 is 2.64 bits per heavy atom. The van der Waals surface area contributed by atoms with E-state index < -0.39 is 0 Å². The fourth-order valence-electron chi connectivity index (χ4n) is 3.99. The van der Waals surface area contributed by atoms with E-state index in [-0.39, 0.29) is 6.03 Å². The summed E-state index contributed by atoms with van der Waals surface area (Å²) in [5.41, 5.74) is 6.44. The van der Waals surface area contributed by atoms with Crippen molar-refractivity contribution in [2.24, 2.45) is 0 Å². The second-order valence-electron chi connectivity index (χ2n) is 8.75. The minimum absolute atomic E-state index is 0.0168. The highest BCUT2D eigenvalue weighted by atomic mass is 32.2. The van der Waals surface area contributed by atoms with E-state index in [1.54, 1.807) is 0 Å². The molecular formula is C27H33N3OS2. The Morgan fingerprint density at radius 1 is 1.03 bits per heavy atom. The molecule has 0 saturated heterocycles. The molecule has 2 heterocycles. The van der Waals surface area contributed by atoms with E-state index in [1.807, 2.05) is 34.1 Å². The standard InChI is InChI=1S/C27H33N3OS2/c1-20-9-10-23(17-21(20)2)11-13-29(3)14-12-28-27(31)30-15-16-32-26-25(30)19-24(33-26)18-22-7-5-4-6-8-22/h4-10,17,19H,11-16,18H2,1-3H3,(H,28,31). The van der Waals surface area contributed by atoms with Crippen LogP contribution in [0.4, 0.5) is 10.5 Å². The van der Waals surface area contributed by atoms with Crippen LogP contribution in [-0.4, -0.2) is 49.9 Å². The molecular weight excluding hydrogens is 446 g/mol. The van der Waals surface area contributed by atoms with Gasteiger partial charge in [0.2, 0.25) is 0 Å². The maximum atomic E-state index is 13.0. The summed E-state index contributed by atoms with van der Waals surface area (Å²) in [6, 6.07) is 19.4. The highest BCUT2D eigenvalue weighted by molar-refractivity contribution is 8.01. The molecule has 4 rings (SSSR count). The fourth-order valence-corrected chi connectivity index (χ4v) is 6.49. The number of amides is 2. The number of hydrogen-bond donors (Lipinski definition) is 1. The van der Waals surface area contributed by atoms with Crippen LogP contribution in [-0.2, 0) is 12.8 Å². The number of aryl methyl sites for hydroxylation is 2. The maximum Gasteiger partial charge on any atom is 0.322 e. The number of likely N-dealkylation sites (N-methyl/N-ethyl adjacent to an activating group) is 1. The monoisotopic (exact) mass is 479 g/mol. The van der Waals surface area contributed by atoms with Crippen LogP contribution >= 0.6 is 23.1 Å². The predicted octanol–water partition coefficient (Wildman–Crippen LogP) is 5.75. The number of hydrogen-bond acceptors (Lipinski definition) is 4. The van der Waals surface area contributed by atoms with Gasteiger partial charge in [-0.3, -0.25) is 4.90 Å². The minimum Gasteiger partial charge on any atom is -0.336 e. The molecule has 2 amide bonds. The molecule has 0 bridgehead atoms. The Balaban J connectivity index is 1.26. The molecule has 0 unspecified atom stereocenters. The summed E-state index contributed by atoms with van der Waals surface area (Å²) in [6.45, 7) is 7.56. The number of benzene rings is 2. The van der Waals surface area contributed by atoms with E-state index >= 15 is 0 Å². The fraction of sp³-hybridized carbons (Fsp3) is 0.370. The third kappa shape index (κ3) is 6.40. The van der Waals surface area contributed by atoms with Crippen LogP contribution in [0.25, 0.3) is 0 Å². The van der Waals surface area contributed by atoms with Gasteiger partial charge in [0.05, 0.1) is 9.90 Å².